The largest absolute Gasteiger partial charge is 0.451 e. The van der Waals surface area contributed by atoms with Crippen LogP contribution in [0.15, 0.2) is 40.9 Å². The Balaban J connectivity index is 1.66. The maximum absolute atomic E-state index is 11.8. The van der Waals surface area contributed by atoms with E-state index in [0.717, 1.165) is 10.4 Å². The normalized spacial score (nSPS) is 10.6. The lowest BCUT2D eigenvalue weighted by Gasteiger charge is -1.98. The van der Waals surface area contributed by atoms with E-state index in [4.69, 9.17) is 20.9 Å². The molecule has 0 unspecified atom stereocenters. The molecular formula is C15H11ClN2O3S. The second-order valence-electron chi connectivity index (χ2n) is 4.51. The Morgan fingerprint density at radius 3 is 2.95 bits per heavy atom. The average molecular weight is 335 g/mol. The van der Waals surface area contributed by atoms with E-state index in [1.807, 2.05) is 19.1 Å². The van der Waals surface area contributed by atoms with E-state index in [1.165, 1.54) is 11.3 Å². The fourth-order valence-corrected chi connectivity index (χ4v) is 2.75. The van der Waals surface area contributed by atoms with E-state index in [0.29, 0.717) is 15.7 Å². The molecule has 0 amide bonds. The highest BCUT2D eigenvalue weighted by Gasteiger charge is 2.13. The van der Waals surface area contributed by atoms with Crippen molar-refractivity contribution in [1.82, 2.24) is 10.1 Å². The molecular weight excluding hydrogens is 324 g/mol. The SMILES string of the molecule is Cc1ccc(C(=O)OCc2nc(-c3cccc(Cl)c3)no2)s1. The molecule has 3 aromatic rings. The number of carbonyl (C=O) groups is 1. The van der Waals surface area contributed by atoms with Gasteiger partial charge in [-0.15, -0.1) is 11.3 Å². The number of aromatic nitrogens is 2. The van der Waals surface area contributed by atoms with E-state index in [1.54, 1.807) is 24.3 Å². The molecule has 7 heteroatoms. The second kappa shape index (κ2) is 6.29. The third-order valence-electron chi connectivity index (χ3n) is 2.82. The molecule has 0 saturated carbocycles. The Labute approximate surface area is 135 Å². The van der Waals surface area contributed by atoms with Crippen LogP contribution >= 0.6 is 22.9 Å². The minimum absolute atomic E-state index is 0.0661. The zero-order chi connectivity index (χ0) is 15.5. The van der Waals surface area contributed by atoms with Crippen molar-refractivity contribution in [2.75, 3.05) is 0 Å². The molecule has 0 atom stereocenters. The quantitative estimate of drug-likeness (QED) is 0.671. The monoisotopic (exact) mass is 334 g/mol. The summed E-state index contributed by atoms with van der Waals surface area (Å²) >= 11 is 7.30. The van der Waals surface area contributed by atoms with Crippen LogP contribution in [-0.2, 0) is 11.3 Å². The van der Waals surface area contributed by atoms with Crippen LogP contribution in [0.5, 0.6) is 0 Å². The van der Waals surface area contributed by atoms with Crippen LogP contribution in [0.1, 0.15) is 20.4 Å². The Kier molecular flexibility index (Phi) is 4.22. The first kappa shape index (κ1) is 14.7. The molecule has 2 aromatic heterocycles. The van der Waals surface area contributed by atoms with Crippen molar-refractivity contribution in [3.63, 3.8) is 0 Å². The van der Waals surface area contributed by atoms with E-state index >= 15 is 0 Å². The maximum Gasteiger partial charge on any atom is 0.348 e. The van der Waals surface area contributed by atoms with Crippen molar-refractivity contribution in [3.05, 3.63) is 57.1 Å². The van der Waals surface area contributed by atoms with Gasteiger partial charge in [-0.3, -0.25) is 0 Å². The van der Waals surface area contributed by atoms with Gasteiger partial charge >= 0.3 is 5.97 Å². The number of nitrogens with zero attached hydrogens (tertiary/aromatic N) is 2. The summed E-state index contributed by atoms with van der Waals surface area (Å²) in [5.74, 6) is 0.234. The molecule has 0 radical (unpaired) electrons. The average Bonchev–Trinajstić information content (AvgIpc) is 3.14. The van der Waals surface area contributed by atoms with E-state index < -0.39 is 5.97 Å². The number of thiophene rings is 1. The highest BCUT2D eigenvalue weighted by atomic mass is 35.5. The lowest BCUT2D eigenvalue weighted by Crippen LogP contribution is -2.03. The Morgan fingerprint density at radius 2 is 2.23 bits per heavy atom. The molecule has 112 valence electrons. The van der Waals surface area contributed by atoms with Gasteiger partial charge < -0.3 is 9.26 Å². The highest BCUT2D eigenvalue weighted by Crippen LogP contribution is 2.20. The van der Waals surface area contributed by atoms with Gasteiger partial charge in [-0.05, 0) is 31.2 Å². The van der Waals surface area contributed by atoms with Crippen LogP contribution in [0.4, 0.5) is 0 Å². The zero-order valence-corrected chi connectivity index (χ0v) is 13.1. The van der Waals surface area contributed by atoms with Crippen molar-refractivity contribution >= 4 is 28.9 Å². The summed E-state index contributed by atoms with van der Waals surface area (Å²) in [6.07, 6.45) is 0. The summed E-state index contributed by atoms with van der Waals surface area (Å²) in [7, 11) is 0. The third kappa shape index (κ3) is 3.35. The molecule has 0 bridgehead atoms. The van der Waals surface area contributed by atoms with E-state index in [9.17, 15) is 4.79 Å². The summed E-state index contributed by atoms with van der Waals surface area (Å²) in [6.45, 7) is 1.86. The van der Waals surface area contributed by atoms with Gasteiger partial charge in [-0.2, -0.15) is 4.98 Å². The summed E-state index contributed by atoms with van der Waals surface area (Å²) in [4.78, 5) is 17.6. The van der Waals surface area contributed by atoms with Crippen LogP contribution in [0, 0.1) is 6.92 Å². The van der Waals surface area contributed by atoms with Gasteiger partial charge in [0.15, 0.2) is 6.61 Å². The predicted molar refractivity (Wildman–Crippen MR) is 82.9 cm³/mol. The molecule has 2 heterocycles. The zero-order valence-electron chi connectivity index (χ0n) is 11.6. The van der Waals surface area contributed by atoms with Gasteiger partial charge in [0.25, 0.3) is 5.89 Å². The van der Waals surface area contributed by atoms with Crippen LogP contribution in [0.2, 0.25) is 5.02 Å². The number of rotatable bonds is 4. The highest BCUT2D eigenvalue weighted by molar-refractivity contribution is 7.13. The Morgan fingerprint density at radius 1 is 1.36 bits per heavy atom. The molecule has 1 aromatic carbocycles. The van der Waals surface area contributed by atoms with Crippen LogP contribution < -0.4 is 0 Å². The lowest BCUT2D eigenvalue weighted by molar-refractivity contribution is 0.0435. The Hall–Kier alpha value is -2.18. The number of hydrogen-bond donors (Lipinski definition) is 0. The fourth-order valence-electron chi connectivity index (χ4n) is 1.80. The van der Waals surface area contributed by atoms with Crippen LogP contribution in [0.25, 0.3) is 11.4 Å². The number of carbonyl (C=O) groups excluding carboxylic acids is 1. The van der Waals surface area contributed by atoms with Crippen LogP contribution in [-0.4, -0.2) is 16.1 Å². The Bertz CT molecular complexity index is 812. The van der Waals surface area contributed by atoms with Gasteiger partial charge in [-0.25, -0.2) is 4.79 Å². The van der Waals surface area contributed by atoms with Crippen molar-refractivity contribution < 1.29 is 14.1 Å². The van der Waals surface area contributed by atoms with Crippen molar-refractivity contribution in [2.24, 2.45) is 0 Å². The van der Waals surface area contributed by atoms with Gasteiger partial charge in [-0.1, -0.05) is 28.9 Å². The van der Waals surface area contributed by atoms with Gasteiger partial charge in [0.05, 0.1) is 0 Å². The summed E-state index contributed by atoms with van der Waals surface area (Å²) in [5.41, 5.74) is 0.739. The summed E-state index contributed by atoms with van der Waals surface area (Å²) < 4.78 is 10.2. The first-order valence-electron chi connectivity index (χ1n) is 6.44. The minimum atomic E-state index is -0.402. The van der Waals surface area contributed by atoms with Crippen molar-refractivity contribution in [3.8, 4) is 11.4 Å². The number of benzene rings is 1. The molecule has 0 fully saturated rings. The standard InChI is InChI=1S/C15H11ClN2O3S/c1-9-5-6-12(22-9)15(19)20-8-13-17-14(18-21-13)10-3-2-4-11(16)7-10/h2-7H,8H2,1H3. The first-order chi connectivity index (χ1) is 10.6. The van der Waals surface area contributed by atoms with Gasteiger partial charge in [0, 0.05) is 15.5 Å². The number of aryl methyl sites for hydroxylation is 1. The molecule has 0 aliphatic heterocycles. The van der Waals surface area contributed by atoms with Crippen molar-refractivity contribution in [2.45, 2.75) is 13.5 Å². The number of hydrogen-bond acceptors (Lipinski definition) is 6. The summed E-state index contributed by atoms with van der Waals surface area (Å²) in [6, 6.07) is 10.7. The first-order valence-corrected chi connectivity index (χ1v) is 7.63. The van der Waals surface area contributed by atoms with E-state index in [2.05, 4.69) is 10.1 Å². The lowest BCUT2D eigenvalue weighted by atomic mass is 10.2. The molecule has 22 heavy (non-hydrogen) atoms. The molecule has 0 aliphatic rings. The molecule has 0 saturated heterocycles. The molecule has 0 aliphatic carbocycles. The molecule has 3 rings (SSSR count). The number of ether oxygens (including phenoxy) is 1. The van der Waals surface area contributed by atoms with Gasteiger partial charge in [0.2, 0.25) is 5.82 Å². The molecule has 0 spiro atoms. The smallest absolute Gasteiger partial charge is 0.348 e. The minimum Gasteiger partial charge on any atom is -0.451 e. The van der Waals surface area contributed by atoms with Crippen molar-refractivity contribution in [1.29, 1.82) is 0 Å². The second-order valence-corrected chi connectivity index (χ2v) is 6.23. The number of halogens is 1. The maximum atomic E-state index is 11.8. The van der Waals surface area contributed by atoms with Crippen LogP contribution in [0.3, 0.4) is 0 Å². The molecule has 5 nitrogen and oxygen atoms in total. The van der Waals surface area contributed by atoms with E-state index in [-0.39, 0.29) is 12.5 Å². The third-order valence-corrected chi connectivity index (χ3v) is 4.04. The van der Waals surface area contributed by atoms with Gasteiger partial charge in [0.1, 0.15) is 4.88 Å². The fraction of sp³-hybridized carbons (Fsp3) is 0.133. The summed E-state index contributed by atoms with van der Waals surface area (Å²) in [5, 5.41) is 4.44. The molecule has 0 N–H and O–H groups in total. The number of esters is 1. The topological polar surface area (TPSA) is 65.2 Å². The predicted octanol–water partition coefficient (Wildman–Crippen LogP) is 4.12.